The molecule has 3 heterocycles. The van der Waals surface area contributed by atoms with E-state index in [9.17, 15) is 15.0 Å². The highest BCUT2D eigenvalue weighted by molar-refractivity contribution is 5.78. The Morgan fingerprint density at radius 1 is 1.19 bits per heavy atom. The van der Waals surface area contributed by atoms with Crippen molar-refractivity contribution in [2.24, 2.45) is 5.41 Å². The van der Waals surface area contributed by atoms with Crippen molar-refractivity contribution in [1.29, 1.82) is 0 Å². The van der Waals surface area contributed by atoms with Crippen molar-refractivity contribution >= 4 is 11.9 Å². The van der Waals surface area contributed by atoms with E-state index in [1.807, 2.05) is 16.9 Å². The van der Waals surface area contributed by atoms with Gasteiger partial charge in [-0.1, -0.05) is 32.9 Å². The van der Waals surface area contributed by atoms with Gasteiger partial charge in [0.15, 0.2) is 5.82 Å². The van der Waals surface area contributed by atoms with Gasteiger partial charge in [-0.05, 0) is 36.5 Å². The Morgan fingerprint density at radius 3 is 2.62 bits per heavy atom. The van der Waals surface area contributed by atoms with Gasteiger partial charge in [-0.25, -0.2) is 4.79 Å². The summed E-state index contributed by atoms with van der Waals surface area (Å²) in [5.74, 6) is 0.365. The van der Waals surface area contributed by atoms with E-state index in [1.165, 1.54) is 4.90 Å². The van der Waals surface area contributed by atoms with Crippen LogP contribution in [0.5, 0.6) is 5.75 Å². The van der Waals surface area contributed by atoms with Crippen molar-refractivity contribution in [3.8, 4) is 28.1 Å². The SMILES string of the molecule is CC(C)(C)C1C(n2cc(-c3cc(-c4ccccc4O)nnc3N)cn2)CCCN1C(=O)O. The van der Waals surface area contributed by atoms with E-state index in [-0.39, 0.29) is 29.1 Å². The number of likely N-dealkylation sites (tertiary alicyclic amines) is 1. The van der Waals surface area contributed by atoms with Gasteiger partial charge in [0.25, 0.3) is 0 Å². The van der Waals surface area contributed by atoms with Crippen molar-refractivity contribution in [3.63, 3.8) is 0 Å². The number of aromatic nitrogens is 4. The molecule has 4 rings (SSSR count). The van der Waals surface area contributed by atoms with Gasteiger partial charge in [0.05, 0.1) is 24.0 Å². The average molecular weight is 437 g/mol. The zero-order valence-electron chi connectivity index (χ0n) is 18.4. The molecule has 0 radical (unpaired) electrons. The zero-order valence-corrected chi connectivity index (χ0v) is 18.4. The first kappa shape index (κ1) is 21.6. The molecule has 1 fully saturated rings. The van der Waals surface area contributed by atoms with Crippen molar-refractivity contribution in [2.45, 2.75) is 45.7 Å². The van der Waals surface area contributed by atoms with Gasteiger partial charge >= 0.3 is 6.09 Å². The summed E-state index contributed by atoms with van der Waals surface area (Å²) in [6.07, 6.45) is 4.30. The van der Waals surface area contributed by atoms with Crippen molar-refractivity contribution in [2.75, 3.05) is 12.3 Å². The molecule has 2 atom stereocenters. The van der Waals surface area contributed by atoms with Crippen LogP contribution in [0.3, 0.4) is 0 Å². The minimum absolute atomic E-state index is 0.0951. The molecule has 3 aromatic rings. The summed E-state index contributed by atoms with van der Waals surface area (Å²) >= 11 is 0. The molecular weight excluding hydrogens is 408 g/mol. The summed E-state index contributed by atoms with van der Waals surface area (Å²) in [6, 6.07) is 8.38. The third-order valence-electron chi connectivity index (χ3n) is 5.99. The van der Waals surface area contributed by atoms with Gasteiger partial charge in [0.2, 0.25) is 0 Å². The first-order valence-corrected chi connectivity index (χ1v) is 10.6. The number of hydrogen-bond acceptors (Lipinski definition) is 6. The molecule has 1 aliphatic rings. The standard InChI is InChI=1S/C23H28N6O3/c1-23(2,3)20-18(8-6-10-28(20)22(31)32)29-13-14(12-25-29)16-11-17(26-27-21(16)24)15-7-4-5-9-19(15)30/h4-5,7,9,11-13,18,20,30H,6,8,10H2,1-3H3,(H2,24,27)(H,31,32). The molecular formula is C23H28N6O3. The Bertz CT molecular complexity index is 1140. The van der Waals surface area contributed by atoms with E-state index >= 15 is 0 Å². The number of nitrogens with zero attached hydrogens (tertiary/aromatic N) is 5. The molecule has 1 saturated heterocycles. The molecule has 1 aromatic carbocycles. The fourth-order valence-electron chi connectivity index (χ4n) is 4.62. The summed E-state index contributed by atoms with van der Waals surface area (Å²) in [7, 11) is 0. The fraction of sp³-hybridized carbons (Fsp3) is 0.391. The van der Waals surface area contributed by atoms with Crippen LogP contribution in [0.15, 0.2) is 42.7 Å². The molecule has 0 saturated carbocycles. The molecule has 2 aromatic heterocycles. The lowest BCUT2D eigenvalue weighted by atomic mass is 9.78. The summed E-state index contributed by atoms with van der Waals surface area (Å²) in [4.78, 5) is 13.4. The van der Waals surface area contributed by atoms with Crippen LogP contribution < -0.4 is 5.73 Å². The van der Waals surface area contributed by atoms with Gasteiger partial charge in [0.1, 0.15) is 5.75 Å². The normalized spacial score (nSPS) is 19.2. The van der Waals surface area contributed by atoms with E-state index in [0.717, 1.165) is 18.4 Å². The summed E-state index contributed by atoms with van der Waals surface area (Å²) < 4.78 is 1.85. The second-order valence-electron chi connectivity index (χ2n) is 9.25. The number of rotatable bonds is 3. The minimum atomic E-state index is -0.906. The van der Waals surface area contributed by atoms with Gasteiger partial charge in [0, 0.05) is 29.4 Å². The molecule has 32 heavy (non-hydrogen) atoms. The maximum absolute atomic E-state index is 11.9. The Kier molecular flexibility index (Phi) is 5.50. The van der Waals surface area contributed by atoms with Gasteiger partial charge < -0.3 is 20.8 Å². The van der Waals surface area contributed by atoms with E-state index in [2.05, 4.69) is 36.1 Å². The second-order valence-corrected chi connectivity index (χ2v) is 9.25. The zero-order chi connectivity index (χ0) is 23.0. The Hall–Kier alpha value is -3.62. The molecule has 4 N–H and O–H groups in total. The number of amides is 1. The number of nitrogen functional groups attached to an aromatic ring is 1. The van der Waals surface area contributed by atoms with Crippen molar-refractivity contribution in [1.82, 2.24) is 24.9 Å². The number of carboxylic acid groups (broad SMARTS) is 1. The number of para-hydroxylation sites is 1. The molecule has 9 nitrogen and oxygen atoms in total. The number of benzene rings is 1. The monoisotopic (exact) mass is 436 g/mol. The molecule has 1 amide bonds. The Labute approximate surface area is 186 Å². The molecule has 0 bridgehead atoms. The van der Waals surface area contributed by atoms with E-state index in [1.54, 1.807) is 30.5 Å². The Morgan fingerprint density at radius 2 is 1.94 bits per heavy atom. The third-order valence-corrected chi connectivity index (χ3v) is 5.99. The number of anilines is 1. The average Bonchev–Trinajstić information content (AvgIpc) is 3.23. The number of aromatic hydroxyl groups is 1. The van der Waals surface area contributed by atoms with Crippen LogP contribution in [-0.2, 0) is 0 Å². The Balaban J connectivity index is 1.72. The van der Waals surface area contributed by atoms with Crippen LogP contribution >= 0.6 is 0 Å². The third kappa shape index (κ3) is 3.98. The van der Waals surface area contributed by atoms with Gasteiger partial charge in [-0.15, -0.1) is 10.2 Å². The van der Waals surface area contributed by atoms with E-state index in [0.29, 0.717) is 23.4 Å². The van der Waals surface area contributed by atoms with Gasteiger partial charge in [-0.3, -0.25) is 4.68 Å². The maximum atomic E-state index is 11.9. The maximum Gasteiger partial charge on any atom is 0.407 e. The molecule has 9 heteroatoms. The van der Waals surface area contributed by atoms with Crippen LogP contribution in [0.1, 0.15) is 39.7 Å². The number of nitrogens with two attached hydrogens (primary N) is 1. The van der Waals surface area contributed by atoms with Crippen LogP contribution in [0.2, 0.25) is 0 Å². The summed E-state index contributed by atoms with van der Waals surface area (Å²) in [5.41, 5.74) is 8.34. The van der Waals surface area contributed by atoms with Crippen molar-refractivity contribution in [3.05, 3.63) is 42.7 Å². The topological polar surface area (TPSA) is 130 Å². The lowest BCUT2D eigenvalue weighted by molar-refractivity contribution is 0.0236. The molecule has 1 aliphatic heterocycles. The van der Waals surface area contributed by atoms with Crippen LogP contribution in [0.25, 0.3) is 22.4 Å². The van der Waals surface area contributed by atoms with Crippen LogP contribution in [0, 0.1) is 5.41 Å². The number of phenolic OH excluding ortho intramolecular Hbond substituents is 1. The number of hydrogen-bond donors (Lipinski definition) is 3. The predicted octanol–water partition coefficient (Wildman–Crippen LogP) is 4.02. The highest BCUT2D eigenvalue weighted by Crippen LogP contribution is 2.39. The van der Waals surface area contributed by atoms with Crippen LogP contribution in [-0.4, -0.2) is 53.8 Å². The first-order valence-electron chi connectivity index (χ1n) is 10.6. The minimum Gasteiger partial charge on any atom is -0.507 e. The number of piperidine rings is 1. The molecule has 0 aliphatic carbocycles. The lowest BCUT2D eigenvalue weighted by Crippen LogP contribution is -2.54. The highest BCUT2D eigenvalue weighted by Gasteiger charge is 2.43. The summed E-state index contributed by atoms with van der Waals surface area (Å²) in [5, 5.41) is 32.7. The van der Waals surface area contributed by atoms with Crippen LogP contribution in [0.4, 0.5) is 10.6 Å². The lowest BCUT2D eigenvalue weighted by Gasteiger charge is -2.46. The highest BCUT2D eigenvalue weighted by atomic mass is 16.4. The van der Waals surface area contributed by atoms with E-state index in [4.69, 9.17) is 5.73 Å². The van der Waals surface area contributed by atoms with Crippen molar-refractivity contribution < 1.29 is 15.0 Å². The van der Waals surface area contributed by atoms with Gasteiger partial charge in [-0.2, -0.15) is 5.10 Å². The molecule has 168 valence electrons. The van der Waals surface area contributed by atoms with E-state index < -0.39 is 6.09 Å². The smallest absolute Gasteiger partial charge is 0.407 e. The predicted molar refractivity (Wildman–Crippen MR) is 121 cm³/mol. The number of carbonyl (C=O) groups is 1. The second kappa shape index (κ2) is 8.14. The fourth-order valence-corrected chi connectivity index (χ4v) is 4.62. The first-order chi connectivity index (χ1) is 15.2. The number of phenols is 1. The molecule has 2 unspecified atom stereocenters. The largest absolute Gasteiger partial charge is 0.507 e. The summed E-state index contributed by atoms with van der Waals surface area (Å²) in [6.45, 7) is 6.69. The molecule has 0 spiro atoms. The quantitative estimate of drug-likeness (QED) is 0.565.